The van der Waals surface area contributed by atoms with Gasteiger partial charge in [-0.05, 0) is 135 Å². The Morgan fingerprint density at radius 3 is 1.58 bits per heavy atom. The van der Waals surface area contributed by atoms with Crippen LogP contribution >= 0.6 is 0 Å². The highest BCUT2D eigenvalue weighted by molar-refractivity contribution is 6.26. The van der Waals surface area contributed by atoms with Gasteiger partial charge in [-0.15, -0.1) is 0 Å². The molecule has 0 N–H and O–H groups in total. The van der Waals surface area contributed by atoms with Crippen LogP contribution < -0.4 is 0 Å². The molecule has 0 spiro atoms. The molecule has 1 unspecified atom stereocenters. The fourth-order valence-electron chi connectivity index (χ4n) is 14.0. The number of hydrogen-bond acceptors (Lipinski definition) is 4. The normalized spacial score (nSPS) is 13.2. The lowest BCUT2D eigenvalue weighted by molar-refractivity contribution is 0.569. The molecule has 15 aromatic rings. The lowest BCUT2D eigenvalue weighted by Crippen LogP contribution is -2.17. The summed E-state index contributed by atoms with van der Waals surface area (Å²) in [4.78, 5) is 21.1. The van der Waals surface area contributed by atoms with Gasteiger partial charge in [0.05, 0.1) is 51.3 Å². The van der Waals surface area contributed by atoms with E-state index in [9.17, 15) is 5.26 Å². The van der Waals surface area contributed by atoms with Crippen LogP contribution in [-0.4, -0.2) is 28.7 Å². The molecule has 418 valence electrons. The second-order valence-electron chi connectivity index (χ2n) is 25.4. The van der Waals surface area contributed by atoms with Crippen LogP contribution in [-0.2, 0) is 10.8 Å². The van der Waals surface area contributed by atoms with E-state index in [0.717, 1.165) is 116 Å². The number of para-hydroxylation sites is 5. The number of fused-ring (bicyclic) bond motifs is 14. The van der Waals surface area contributed by atoms with Crippen molar-refractivity contribution in [1.82, 2.24) is 28.7 Å². The quantitative estimate of drug-likeness (QED) is 0.149. The Bertz CT molecular complexity index is 5470. The highest BCUT2D eigenvalue weighted by atomic mass is 15.1. The fraction of sp³-hybridized carbons (Fsp3) is 0.113. The molecular formula is C80H58N8. The van der Waals surface area contributed by atoms with Crippen LogP contribution in [0.5, 0.6) is 0 Å². The van der Waals surface area contributed by atoms with Gasteiger partial charge in [0.2, 0.25) is 0 Å². The third-order valence-corrected chi connectivity index (χ3v) is 18.1. The van der Waals surface area contributed by atoms with Crippen molar-refractivity contribution in [3.63, 3.8) is 0 Å². The minimum absolute atomic E-state index is 0.213. The third kappa shape index (κ3) is 8.06. The van der Waals surface area contributed by atoms with Crippen molar-refractivity contribution in [3.8, 4) is 68.4 Å². The SMILES string of the molecule is [C-]#[N+]c1ccc(-c2nc(-c3cc(C(C)(C)C)cc(C(C)(C)C)c3)nc(-c3cc(C#N)ccc3C3c4ccccc4-c4ccc5c(c43)c3ccccc3n5-c3ccccc3)n2)c(-n2c3ccccc3c3ccc4c(c5ccccc5n4-c4ccccc4)c32)c1. The summed E-state index contributed by atoms with van der Waals surface area (Å²) < 4.78 is 7.07. The van der Waals surface area contributed by atoms with E-state index in [4.69, 9.17) is 21.5 Å². The van der Waals surface area contributed by atoms with E-state index >= 15 is 0 Å². The van der Waals surface area contributed by atoms with E-state index in [0.29, 0.717) is 28.7 Å². The van der Waals surface area contributed by atoms with Crippen LogP contribution in [0.3, 0.4) is 0 Å². The first-order chi connectivity index (χ1) is 42.8. The van der Waals surface area contributed by atoms with Gasteiger partial charge in [-0.3, -0.25) is 0 Å². The summed E-state index contributed by atoms with van der Waals surface area (Å²) in [5, 5.41) is 17.7. The van der Waals surface area contributed by atoms with Crippen molar-refractivity contribution in [2.24, 2.45) is 0 Å². The molecular weight excluding hydrogens is 1070 g/mol. The summed E-state index contributed by atoms with van der Waals surface area (Å²) in [5.41, 5.74) is 20.1. The lowest BCUT2D eigenvalue weighted by atomic mass is 9.79. The molecule has 0 saturated heterocycles. The summed E-state index contributed by atoms with van der Waals surface area (Å²) in [7, 11) is 0. The average Bonchev–Trinajstić information content (AvgIpc) is 1.60. The van der Waals surface area contributed by atoms with Gasteiger partial charge >= 0.3 is 0 Å². The predicted molar refractivity (Wildman–Crippen MR) is 360 cm³/mol. The monoisotopic (exact) mass is 1130 g/mol. The summed E-state index contributed by atoms with van der Waals surface area (Å²) in [6.45, 7) is 22.1. The van der Waals surface area contributed by atoms with Crippen molar-refractivity contribution in [1.29, 1.82) is 5.26 Å². The Morgan fingerprint density at radius 2 is 0.943 bits per heavy atom. The molecule has 0 fully saturated rings. The molecule has 0 saturated carbocycles. The van der Waals surface area contributed by atoms with Gasteiger partial charge < -0.3 is 13.7 Å². The zero-order valence-corrected chi connectivity index (χ0v) is 49.7. The highest BCUT2D eigenvalue weighted by Gasteiger charge is 2.36. The Kier molecular flexibility index (Phi) is 11.7. The Balaban J connectivity index is 1.01. The molecule has 1 aliphatic rings. The maximum Gasteiger partial charge on any atom is 0.189 e. The van der Waals surface area contributed by atoms with Crippen LogP contribution in [0.1, 0.15) is 80.8 Å². The lowest BCUT2D eigenvalue weighted by Gasteiger charge is -2.26. The summed E-state index contributed by atoms with van der Waals surface area (Å²) in [5.74, 6) is 1.08. The second kappa shape index (κ2) is 19.7. The smallest absolute Gasteiger partial charge is 0.189 e. The molecule has 4 heterocycles. The maximum absolute atomic E-state index is 11.0. The first kappa shape index (κ1) is 52.4. The number of rotatable bonds is 7. The number of nitrogens with zero attached hydrogens (tertiary/aromatic N) is 8. The van der Waals surface area contributed by atoms with Gasteiger partial charge in [-0.2, -0.15) is 5.26 Å². The van der Waals surface area contributed by atoms with E-state index in [-0.39, 0.29) is 16.7 Å². The number of nitriles is 1. The highest BCUT2D eigenvalue weighted by Crippen LogP contribution is 2.55. The van der Waals surface area contributed by atoms with Gasteiger partial charge in [-0.1, -0.05) is 193 Å². The van der Waals surface area contributed by atoms with Gasteiger partial charge in [-0.25, -0.2) is 19.8 Å². The maximum atomic E-state index is 11.0. The minimum atomic E-state index is -0.292. The van der Waals surface area contributed by atoms with Gasteiger partial charge in [0.1, 0.15) is 0 Å². The molecule has 16 rings (SSSR count). The van der Waals surface area contributed by atoms with Crippen LogP contribution in [0.25, 0.3) is 133 Å². The average molecular weight is 1130 g/mol. The molecule has 0 amide bonds. The van der Waals surface area contributed by atoms with E-state index in [1.165, 1.54) is 22.1 Å². The minimum Gasteiger partial charge on any atom is -0.309 e. The van der Waals surface area contributed by atoms with Crippen molar-refractivity contribution in [2.75, 3.05) is 0 Å². The molecule has 0 radical (unpaired) electrons. The van der Waals surface area contributed by atoms with Gasteiger partial charge in [0, 0.05) is 72.0 Å². The van der Waals surface area contributed by atoms with E-state index < -0.39 is 0 Å². The Hall–Kier alpha value is -11.2. The van der Waals surface area contributed by atoms with Crippen LogP contribution in [0, 0.1) is 17.9 Å². The zero-order chi connectivity index (χ0) is 59.7. The van der Waals surface area contributed by atoms with Crippen molar-refractivity contribution < 1.29 is 0 Å². The Labute approximate surface area is 510 Å². The number of hydrogen-bond donors (Lipinski definition) is 0. The Morgan fingerprint density at radius 1 is 0.420 bits per heavy atom. The van der Waals surface area contributed by atoms with Crippen LogP contribution in [0.15, 0.2) is 237 Å². The molecule has 0 bridgehead atoms. The summed E-state index contributed by atoms with van der Waals surface area (Å²) in [6.07, 6.45) is 0. The molecule has 1 aliphatic carbocycles. The molecule has 1 atom stereocenters. The molecule has 11 aromatic carbocycles. The standard InChI is InChI=1S/C80H58N8/c1-79(2,3)50-43-49(44-51(45-50)80(4,5)6)76-83-77(63-37-35-52(82-7)46-70(63)88-65-31-19-16-27-56(65)60-39-41-69-73(75(60)88)62-30-18-21-33-67(62)87(69)54-24-12-9-13-25-54)85-78(84-76)64-42-48(47-81)34-36-59(64)71-57-28-15-14-26-55(57)58-38-40-68-72(74(58)71)61-29-17-20-32-66(61)86(68)53-22-10-8-11-23-53/h8-46,71H,1-6H3. The van der Waals surface area contributed by atoms with Crippen LogP contribution in [0.4, 0.5) is 5.69 Å². The molecule has 8 nitrogen and oxygen atoms in total. The summed E-state index contributed by atoms with van der Waals surface area (Å²) >= 11 is 0. The van der Waals surface area contributed by atoms with Gasteiger partial charge in [0.15, 0.2) is 23.2 Å². The first-order valence-corrected chi connectivity index (χ1v) is 30.1. The topological polar surface area (TPSA) is 81.6 Å². The third-order valence-electron chi connectivity index (χ3n) is 18.1. The van der Waals surface area contributed by atoms with Gasteiger partial charge in [0.25, 0.3) is 0 Å². The summed E-state index contributed by atoms with van der Waals surface area (Å²) in [6, 6.07) is 86.2. The van der Waals surface area contributed by atoms with Crippen molar-refractivity contribution in [2.45, 2.75) is 58.3 Å². The number of aromatic nitrogens is 6. The molecule has 4 aromatic heterocycles. The molecule has 88 heavy (non-hydrogen) atoms. The van der Waals surface area contributed by atoms with E-state index in [1.807, 2.05) is 30.3 Å². The first-order valence-electron chi connectivity index (χ1n) is 30.1. The van der Waals surface area contributed by atoms with E-state index in [1.54, 1.807) is 0 Å². The van der Waals surface area contributed by atoms with Crippen LogP contribution in [0.2, 0.25) is 0 Å². The van der Waals surface area contributed by atoms with Crippen molar-refractivity contribution in [3.05, 3.63) is 281 Å². The fourth-order valence-corrected chi connectivity index (χ4v) is 14.0. The van der Waals surface area contributed by atoms with Crippen molar-refractivity contribution >= 4 is 71.1 Å². The molecule has 8 heteroatoms. The predicted octanol–water partition coefficient (Wildman–Crippen LogP) is 20.3. The largest absolute Gasteiger partial charge is 0.309 e. The second-order valence-corrected chi connectivity index (χ2v) is 25.4. The zero-order valence-electron chi connectivity index (χ0n) is 49.7. The molecule has 0 aliphatic heterocycles. The number of benzene rings is 11. The van der Waals surface area contributed by atoms with E-state index in [2.05, 4.69) is 272 Å².